The second-order valence-electron chi connectivity index (χ2n) is 18.1. The van der Waals surface area contributed by atoms with Gasteiger partial charge in [0.15, 0.2) is 6.10 Å². The minimum absolute atomic E-state index is 0.0901. The molecule has 0 spiro atoms. The van der Waals surface area contributed by atoms with Gasteiger partial charge in [-0.1, -0.05) is 229 Å². The van der Waals surface area contributed by atoms with Crippen molar-refractivity contribution < 1.29 is 28.6 Å². The molecule has 0 radical (unpaired) electrons. The van der Waals surface area contributed by atoms with Crippen LogP contribution in [0.25, 0.3) is 0 Å². The van der Waals surface area contributed by atoms with Crippen molar-refractivity contribution in [1.82, 2.24) is 0 Å². The third-order valence-corrected chi connectivity index (χ3v) is 11.7. The van der Waals surface area contributed by atoms with E-state index in [9.17, 15) is 14.4 Å². The van der Waals surface area contributed by atoms with Gasteiger partial charge in [-0.05, 0) is 89.9 Å². The molecule has 0 aliphatic carbocycles. The Hall–Kier alpha value is -3.15. The van der Waals surface area contributed by atoms with Gasteiger partial charge in [-0.25, -0.2) is 0 Å². The molecule has 65 heavy (non-hydrogen) atoms. The second kappa shape index (κ2) is 53.5. The van der Waals surface area contributed by atoms with Crippen molar-refractivity contribution in [2.45, 2.75) is 271 Å². The van der Waals surface area contributed by atoms with Gasteiger partial charge >= 0.3 is 17.9 Å². The fourth-order valence-electron chi connectivity index (χ4n) is 7.58. The number of ether oxygens (including phenoxy) is 3. The fourth-order valence-corrected chi connectivity index (χ4v) is 7.58. The van der Waals surface area contributed by atoms with E-state index in [0.29, 0.717) is 19.3 Å². The first-order valence-electron chi connectivity index (χ1n) is 27.4. The summed E-state index contributed by atoms with van der Waals surface area (Å²) < 4.78 is 16.8. The minimum atomic E-state index is -0.790. The number of allylic oxidation sites excluding steroid dienone is 12. The first-order valence-corrected chi connectivity index (χ1v) is 27.4. The van der Waals surface area contributed by atoms with Gasteiger partial charge in [-0.2, -0.15) is 0 Å². The third kappa shape index (κ3) is 51.7. The summed E-state index contributed by atoms with van der Waals surface area (Å²) >= 11 is 0. The first-order chi connectivity index (χ1) is 32.0. The molecular weight excluding hydrogens is 805 g/mol. The van der Waals surface area contributed by atoms with Crippen molar-refractivity contribution in [2.24, 2.45) is 0 Å². The molecule has 0 aromatic heterocycles. The Morgan fingerprint density at radius 1 is 0.323 bits per heavy atom. The quantitative estimate of drug-likeness (QED) is 0.0262. The summed E-state index contributed by atoms with van der Waals surface area (Å²) in [6.45, 7) is 6.48. The lowest BCUT2D eigenvalue weighted by Gasteiger charge is -2.18. The predicted molar refractivity (Wildman–Crippen MR) is 279 cm³/mol. The highest BCUT2D eigenvalue weighted by Gasteiger charge is 2.19. The molecule has 0 N–H and O–H groups in total. The van der Waals surface area contributed by atoms with Crippen molar-refractivity contribution in [3.63, 3.8) is 0 Å². The van der Waals surface area contributed by atoms with Crippen LogP contribution in [0, 0.1) is 0 Å². The molecule has 0 aliphatic rings. The van der Waals surface area contributed by atoms with E-state index in [4.69, 9.17) is 14.2 Å². The van der Waals surface area contributed by atoms with Crippen molar-refractivity contribution in [3.8, 4) is 0 Å². The predicted octanol–water partition coefficient (Wildman–Crippen LogP) is 18.2. The van der Waals surface area contributed by atoms with E-state index in [1.807, 2.05) is 0 Å². The molecule has 0 unspecified atom stereocenters. The zero-order valence-electron chi connectivity index (χ0n) is 42.7. The highest BCUT2D eigenvalue weighted by atomic mass is 16.6. The number of esters is 3. The molecule has 6 heteroatoms. The zero-order valence-corrected chi connectivity index (χ0v) is 42.7. The molecule has 0 rings (SSSR count). The molecule has 1 atom stereocenters. The molecule has 0 aliphatic heterocycles. The number of unbranched alkanes of at least 4 members (excludes halogenated alkanes) is 26. The summed E-state index contributed by atoms with van der Waals surface area (Å²) in [6, 6.07) is 0. The summed E-state index contributed by atoms with van der Waals surface area (Å²) in [7, 11) is 0. The van der Waals surface area contributed by atoms with Crippen molar-refractivity contribution >= 4 is 17.9 Å². The number of carbonyl (C=O) groups is 3. The number of carbonyl (C=O) groups excluding carboxylic acids is 3. The third-order valence-electron chi connectivity index (χ3n) is 11.7. The summed E-state index contributed by atoms with van der Waals surface area (Å²) in [5, 5.41) is 0. The van der Waals surface area contributed by atoms with E-state index in [1.165, 1.54) is 103 Å². The summed E-state index contributed by atoms with van der Waals surface area (Å²) in [5.74, 6) is -0.920. The van der Waals surface area contributed by atoms with Crippen LogP contribution in [0.4, 0.5) is 0 Å². The molecule has 6 nitrogen and oxygen atoms in total. The van der Waals surface area contributed by atoms with Gasteiger partial charge in [-0.3, -0.25) is 14.4 Å². The highest BCUT2D eigenvalue weighted by Crippen LogP contribution is 2.15. The summed E-state index contributed by atoms with van der Waals surface area (Å²) in [5.41, 5.74) is 0. The number of rotatable bonds is 49. The van der Waals surface area contributed by atoms with E-state index < -0.39 is 6.10 Å². The normalized spacial score (nSPS) is 12.6. The van der Waals surface area contributed by atoms with Crippen molar-refractivity contribution in [2.75, 3.05) is 13.2 Å². The Kier molecular flexibility index (Phi) is 50.9. The van der Waals surface area contributed by atoms with E-state index in [0.717, 1.165) is 122 Å². The van der Waals surface area contributed by atoms with Gasteiger partial charge in [0.05, 0.1) is 0 Å². The molecule has 374 valence electrons. The monoisotopic (exact) mass is 907 g/mol. The van der Waals surface area contributed by atoms with Crippen LogP contribution < -0.4 is 0 Å². The molecule has 0 fully saturated rings. The Balaban J connectivity index is 4.44. The van der Waals surface area contributed by atoms with E-state index in [1.54, 1.807) is 0 Å². The van der Waals surface area contributed by atoms with Crippen LogP contribution in [0.15, 0.2) is 72.9 Å². The molecule has 0 aromatic rings. The molecule has 0 bridgehead atoms. The van der Waals surface area contributed by atoms with Gasteiger partial charge in [0.2, 0.25) is 0 Å². The molecule has 0 saturated carbocycles. The topological polar surface area (TPSA) is 78.9 Å². The van der Waals surface area contributed by atoms with Crippen LogP contribution in [-0.4, -0.2) is 37.2 Å². The SMILES string of the molecule is CC/C=C\C/C=C\C/C=C\CCCCCCCC(=O)OC[C@H](COC(=O)CCCCCC/C=C\C/C=C\C/C=C\CCCCC)OC(=O)CCCCCCCCCCCCCCCCC. The van der Waals surface area contributed by atoms with Gasteiger partial charge in [0.25, 0.3) is 0 Å². The summed E-state index contributed by atoms with van der Waals surface area (Å²) in [6.07, 6.45) is 67.4. The zero-order chi connectivity index (χ0) is 47.2. The van der Waals surface area contributed by atoms with Gasteiger partial charge < -0.3 is 14.2 Å². The van der Waals surface area contributed by atoms with Crippen LogP contribution in [0.2, 0.25) is 0 Å². The second-order valence-corrected chi connectivity index (χ2v) is 18.1. The molecule has 0 heterocycles. The van der Waals surface area contributed by atoms with Crippen LogP contribution >= 0.6 is 0 Å². The Morgan fingerprint density at radius 3 is 0.969 bits per heavy atom. The number of hydrogen-bond acceptors (Lipinski definition) is 6. The number of hydrogen-bond donors (Lipinski definition) is 0. The van der Waals surface area contributed by atoms with Crippen molar-refractivity contribution in [1.29, 1.82) is 0 Å². The maximum atomic E-state index is 12.8. The average molecular weight is 907 g/mol. The fraction of sp³-hybridized carbons (Fsp3) is 0.746. The average Bonchev–Trinajstić information content (AvgIpc) is 3.30. The summed E-state index contributed by atoms with van der Waals surface area (Å²) in [4.78, 5) is 38.1. The molecule has 0 amide bonds. The van der Waals surface area contributed by atoms with Crippen LogP contribution in [-0.2, 0) is 28.6 Å². The molecular formula is C59H102O6. The van der Waals surface area contributed by atoms with Crippen LogP contribution in [0.3, 0.4) is 0 Å². The lowest BCUT2D eigenvalue weighted by Crippen LogP contribution is -2.30. The van der Waals surface area contributed by atoms with Gasteiger partial charge in [0, 0.05) is 19.3 Å². The smallest absolute Gasteiger partial charge is 0.306 e. The first kappa shape index (κ1) is 61.9. The molecule has 0 aromatic carbocycles. The van der Waals surface area contributed by atoms with E-state index in [2.05, 4.69) is 93.7 Å². The minimum Gasteiger partial charge on any atom is -0.462 e. The maximum absolute atomic E-state index is 12.8. The Labute approximate surface area is 402 Å². The largest absolute Gasteiger partial charge is 0.462 e. The van der Waals surface area contributed by atoms with E-state index >= 15 is 0 Å². The lowest BCUT2D eigenvalue weighted by atomic mass is 10.0. The maximum Gasteiger partial charge on any atom is 0.306 e. The Morgan fingerprint density at radius 2 is 0.600 bits per heavy atom. The Bertz CT molecular complexity index is 1230. The van der Waals surface area contributed by atoms with Crippen molar-refractivity contribution in [3.05, 3.63) is 72.9 Å². The van der Waals surface area contributed by atoms with Gasteiger partial charge in [-0.15, -0.1) is 0 Å². The van der Waals surface area contributed by atoms with Crippen LogP contribution in [0.5, 0.6) is 0 Å². The van der Waals surface area contributed by atoms with Crippen LogP contribution in [0.1, 0.15) is 265 Å². The van der Waals surface area contributed by atoms with Gasteiger partial charge in [0.1, 0.15) is 13.2 Å². The van der Waals surface area contributed by atoms with E-state index in [-0.39, 0.29) is 31.1 Å². The highest BCUT2D eigenvalue weighted by molar-refractivity contribution is 5.71. The lowest BCUT2D eigenvalue weighted by molar-refractivity contribution is -0.167. The molecule has 0 saturated heterocycles. The standard InChI is InChI=1S/C59H102O6/c1-4-7-10-13-16-19-22-25-28-29-32-34-37-40-43-46-49-52-58(61)64-55-56(65-59(62)53-50-47-44-41-38-35-31-27-24-21-18-15-12-9-6-3)54-63-57(60)51-48-45-42-39-36-33-30-26-23-20-17-14-11-8-5-2/h8,11,16-17,19-20,25-26,28,30,32,34,56H,4-7,9-10,12-15,18,21-24,27,29,31,33,35-55H2,1-3H3/b11-8-,19-16-,20-17-,28-25-,30-26-,34-32-/t56-/m1/s1.